The number of methoxy groups -OCH3 is 1. The number of ketones is 1. The molecule has 0 N–H and O–H groups in total. The molecule has 4 rings (SSSR count). The molecule has 0 aliphatic carbocycles. The number of aromatic nitrogens is 1. The number of carbonyl (C=O) groups is 2. The molecule has 0 amide bonds. The fraction of sp³-hybridized carbons (Fsp3) is 0.148. The minimum absolute atomic E-state index is 0.252. The Morgan fingerprint density at radius 2 is 1.64 bits per heavy atom. The van der Waals surface area contributed by atoms with Crippen molar-refractivity contribution in [1.29, 1.82) is 0 Å². The summed E-state index contributed by atoms with van der Waals surface area (Å²) in [6, 6.07) is 21.8. The Bertz CT molecular complexity index is 1330. The van der Waals surface area contributed by atoms with E-state index in [0.717, 1.165) is 21.3 Å². The monoisotopic (exact) mass is 503 g/mol. The molecule has 0 unspecified atom stereocenters. The van der Waals surface area contributed by atoms with Crippen LogP contribution in [0.5, 0.6) is 5.75 Å². The summed E-state index contributed by atoms with van der Waals surface area (Å²) < 4.78 is 11.6. The molecule has 1 heterocycles. The van der Waals surface area contributed by atoms with Crippen LogP contribution in [-0.2, 0) is 4.74 Å². The molecule has 4 aromatic rings. The van der Waals surface area contributed by atoms with Crippen LogP contribution in [-0.4, -0.2) is 30.0 Å². The number of hydrogen-bond acceptors (Lipinski definition) is 5. The molecule has 0 fully saturated rings. The smallest absolute Gasteiger partial charge is 0.339 e. The van der Waals surface area contributed by atoms with Crippen LogP contribution in [0.2, 0.25) is 0 Å². The molecule has 0 aliphatic heterocycles. The van der Waals surface area contributed by atoms with Crippen LogP contribution < -0.4 is 4.74 Å². The van der Waals surface area contributed by atoms with Crippen molar-refractivity contribution in [2.24, 2.45) is 0 Å². The van der Waals surface area contributed by atoms with Crippen LogP contribution in [0.15, 0.2) is 77.3 Å². The molecule has 0 radical (unpaired) electrons. The molecule has 1 atom stereocenters. The van der Waals surface area contributed by atoms with Crippen LogP contribution >= 0.6 is 15.9 Å². The number of ether oxygens (including phenoxy) is 2. The third kappa shape index (κ3) is 4.96. The van der Waals surface area contributed by atoms with Crippen LogP contribution in [0.4, 0.5) is 0 Å². The summed E-state index contributed by atoms with van der Waals surface area (Å²) in [5.41, 5.74) is 4.00. The van der Waals surface area contributed by atoms with Crippen molar-refractivity contribution in [1.82, 2.24) is 4.98 Å². The molecule has 1 aromatic heterocycles. The number of halogens is 1. The molecular formula is C27H22BrNO4. The van der Waals surface area contributed by atoms with E-state index in [1.807, 2.05) is 61.5 Å². The number of rotatable bonds is 6. The van der Waals surface area contributed by atoms with E-state index in [1.54, 1.807) is 32.2 Å². The second kappa shape index (κ2) is 9.55. The van der Waals surface area contributed by atoms with E-state index in [9.17, 15) is 9.59 Å². The lowest BCUT2D eigenvalue weighted by Crippen LogP contribution is -2.24. The minimum atomic E-state index is -0.931. The largest absolute Gasteiger partial charge is 0.497 e. The van der Waals surface area contributed by atoms with Gasteiger partial charge in [0.05, 0.1) is 23.9 Å². The predicted octanol–water partition coefficient (Wildman–Crippen LogP) is 6.41. The standard InChI is InChI=1S/C27H22BrNO4/c1-16-4-6-19(7-5-16)26(30)17(2)33-27(31)23-15-25(18-8-11-21(32-3)12-9-18)29-24-13-10-20(28)14-22(23)24/h4-15,17H,1-3H3/t17-/m1/s1. The molecule has 5 nitrogen and oxygen atoms in total. The highest BCUT2D eigenvalue weighted by molar-refractivity contribution is 9.10. The lowest BCUT2D eigenvalue weighted by Gasteiger charge is -2.15. The van der Waals surface area contributed by atoms with E-state index in [0.29, 0.717) is 27.7 Å². The summed E-state index contributed by atoms with van der Waals surface area (Å²) in [7, 11) is 1.61. The Morgan fingerprint density at radius 1 is 0.939 bits per heavy atom. The van der Waals surface area contributed by atoms with E-state index in [-0.39, 0.29) is 5.78 Å². The Morgan fingerprint density at radius 3 is 2.30 bits per heavy atom. The van der Waals surface area contributed by atoms with E-state index in [4.69, 9.17) is 14.5 Å². The van der Waals surface area contributed by atoms with E-state index < -0.39 is 12.1 Å². The molecule has 0 bridgehead atoms. The average molecular weight is 504 g/mol. The molecule has 0 saturated carbocycles. The number of nitrogens with zero attached hydrogens (tertiary/aromatic N) is 1. The zero-order valence-corrected chi connectivity index (χ0v) is 20.0. The summed E-state index contributed by atoms with van der Waals surface area (Å²) in [4.78, 5) is 30.7. The first kappa shape index (κ1) is 22.7. The van der Waals surface area contributed by atoms with Gasteiger partial charge in [0.15, 0.2) is 6.10 Å². The van der Waals surface area contributed by atoms with Gasteiger partial charge in [-0.2, -0.15) is 0 Å². The Labute approximate surface area is 200 Å². The fourth-order valence-electron chi connectivity index (χ4n) is 3.51. The Balaban J connectivity index is 1.69. The molecular weight excluding hydrogens is 482 g/mol. The lowest BCUT2D eigenvalue weighted by atomic mass is 10.0. The van der Waals surface area contributed by atoms with Crippen molar-refractivity contribution in [2.75, 3.05) is 7.11 Å². The van der Waals surface area contributed by atoms with Crippen molar-refractivity contribution in [3.63, 3.8) is 0 Å². The van der Waals surface area contributed by atoms with Gasteiger partial charge in [-0.3, -0.25) is 4.79 Å². The van der Waals surface area contributed by atoms with Gasteiger partial charge in [-0.25, -0.2) is 9.78 Å². The van der Waals surface area contributed by atoms with Crippen LogP contribution in [0.3, 0.4) is 0 Å². The Kier molecular flexibility index (Phi) is 6.56. The van der Waals surface area contributed by atoms with Crippen molar-refractivity contribution in [3.8, 4) is 17.0 Å². The van der Waals surface area contributed by atoms with Gasteiger partial charge in [-0.05, 0) is 62.4 Å². The SMILES string of the molecule is COc1ccc(-c2cc(C(=O)O[C@H](C)C(=O)c3ccc(C)cc3)c3cc(Br)ccc3n2)cc1. The molecule has 0 aliphatic rings. The van der Waals surface area contributed by atoms with E-state index >= 15 is 0 Å². The van der Waals surface area contributed by atoms with Gasteiger partial charge in [0, 0.05) is 21.0 Å². The highest BCUT2D eigenvalue weighted by Crippen LogP contribution is 2.29. The van der Waals surface area contributed by atoms with Gasteiger partial charge in [0.25, 0.3) is 0 Å². The first-order valence-electron chi connectivity index (χ1n) is 10.4. The van der Waals surface area contributed by atoms with Crippen LogP contribution in [0.1, 0.15) is 33.2 Å². The number of pyridine rings is 1. The van der Waals surface area contributed by atoms with Gasteiger partial charge in [-0.1, -0.05) is 45.8 Å². The summed E-state index contributed by atoms with van der Waals surface area (Å²) in [6.07, 6.45) is -0.931. The van der Waals surface area contributed by atoms with Gasteiger partial charge in [0.2, 0.25) is 5.78 Å². The quantitative estimate of drug-likeness (QED) is 0.224. The maximum absolute atomic E-state index is 13.2. The molecule has 0 spiro atoms. The highest BCUT2D eigenvalue weighted by Gasteiger charge is 2.23. The molecule has 166 valence electrons. The van der Waals surface area contributed by atoms with Crippen molar-refractivity contribution in [2.45, 2.75) is 20.0 Å². The normalized spacial score (nSPS) is 11.8. The first-order valence-corrected chi connectivity index (χ1v) is 11.2. The predicted molar refractivity (Wildman–Crippen MR) is 132 cm³/mol. The third-order valence-corrected chi connectivity index (χ3v) is 5.86. The Hall–Kier alpha value is -3.51. The maximum Gasteiger partial charge on any atom is 0.339 e. The molecule has 33 heavy (non-hydrogen) atoms. The maximum atomic E-state index is 13.2. The summed E-state index contributed by atoms with van der Waals surface area (Å²) >= 11 is 3.46. The van der Waals surface area contributed by atoms with Crippen molar-refractivity contribution in [3.05, 3.63) is 94.0 Å². The average Bonchev–Trinajstić information content (AvgIpc) is 2.83. The van der Waals surface area contributed by atoms with Gasteiger partial charge >= 0.3 is 5.97 Å². The third-order valence-electron chi connectivity index (χ3n) is 5.37. The zero-order valence-electron chi connectivity index (χ0n) is 18.5. The summed E-state index contributed by atoms with van der Waals surface area (Å²) in [5.74, 6) is -0.104. The van der Waals surface area contributed by atoms with Crippen molar-refractivity contribution < 1.29 is 19.1 Å². The number of aryl methyl sites for hydroxylation is 1. The number of fused-ring (bicyclic) bond motifs is 1. The topological polar surface area (TPSA) is 65.5 Å². The first-order chi connectivity index (χ1) is 15.9. The zero-order chi connectivity index (χ0) is 23.5. The fourth-order valence-corrected chi connectivity index (χ4v) is 3.87. The number of benzene rings is 3. The van der Waals surface area contributed by atoms with Gasteiger partial charge < -0.3 is 9.47 Å². The van der Waals surface area contributed by atoms with Crippen LogP contribution in [0, 0.1) is 6.92 Å². The minimum Gasteiger partial charge on any atom is -0.497 e. The summed E-state index contributed by atoms with van der Waals surface area (Å²) in [6.45, 7) is 3.54. The molecule has 3 aromatic carbocycles. The number of carbonyl (C=O) groups excluding carboxylic acids is 2. The lowest BCUT2D eigenvalue weighted by molar-refractivity contribution is 0.0320. The van der Waals surface area contributed by atoms with Gasteiger partial charge in [-0.15, -0.1) is 0 Å². The number of esters is 1. The second-order valence-electron chi connectivity index (χ2n) is 7.72. The van der Waals surface area contributed by atoms with Gasteiger partial charge in [0.1, 0.15) is 5.75 Å². The van der Waals surface area contributed by atoms with E-state index in [1.165, 1.54) is 0 Å². The number of hydrogen-bond donors (Lipinski definition) is 0. The second-order valence-corrected chi connectivity index (χ2v) is 8.64. The summed E-state index contributed by atoms with van der Waals surface area (Å²) in [5, 5.41) is 0.640. The highest BCUT2D eigenvalue weighted by atomic mass is 79.9. The molecule has 6 heteroatoms. The molecule has 0 saturated heterocycles. The van der Waals surface area contributed by atoms with Crippen molar-refractivity contribution >= 4 is 38.6 Å². The van der Waals surface area contributed by atoms with Crippen LogP contribution in [0.25, 0.3) is 22.2 Å². The number of Topliss-reactive ketones (excluding diaryl/α,β-unsaturated/α-hetero) is 1. The van der Waals surface area contributed by atoms with E-state index in [2.05, 4.69) is 15.9 Å².